The first-order valence-corrected chi connectivity index (χ1v) is 10.0. The van der Waals surface area contributed by atoms with E-state index in [2.05, 4.69) is 5.32 Å². The maximum Gasteiger partial charge on any atom is 0.355 e. The number of benzene rings is 1. The minimum absolute atomic E-state index is 0.153. The highest BCUT2D eigenvalue weighted by Crippen LogP contribution is 2.46. The second kappa shape index (κ2) is 7.85. The van der Waals surface area contributed by atoms with Crippen LogP contribution in [-0.2, 0) is 16.6 Å². The zero-order chi connectivity index (χ0) is 21.3. The highest BCUT2D eigenvalue weighted by molar-refractivity contribution is 5.99. The largest absolute Gasteiger partial charge is 0.451 e. The first-order valence-electron chi connectivity index (χ1n) is 10.0. The average Bonchev–Trinajstić information content (AvgIpc) is 3.26. The molecular weight excluding hydrogens is 388 g/mol. The average molecular weight is 412 g/mol. The number of hydrogen-bond donors (Lipinski definition) is 1. The maximum atomic E-state index is 12.2. The molecule has 8 nitrogen and oxygen atoms in total. The number of Topliss-reactive ketones (excluding diaryl/α,β-unsaturated/α-hetero) is 1. The Bertz CT molecular complexity index is 1000. The van der Waals surface area contributed by atoms with Gasteiger partial charge in [-0.05, 0) is 38.0 Å². The highest BCUT2D eigenvalue weighted by atomic mass is 16.7. The summed E-state index contributed by atoms with van der Waals surface area (Å²) < 4.78 is 18.7. The third kappa shape index (κ3) is 4.03. The molecule has 8 heteroatoms. The van der Waals surface area contributed by atoms with Crippen molar-refractivity contribution >= 4 is 23.3 Å². The molecule has 30 heavy (non-hydrogen) atoms. The summed E-state index contributed by atoms with van der Waals surface area (Å²) in [6.45, 7) is 0.969. The lowest BCUT2D eigenvalue weighted by molar-refractivity contribution is -0.119. The van der Waals surface area contributed by atoms with Gasteiger partial charge in [-0.25, -0.2) is 4.79 Å². The van der Waals surface area contributed by atoms with Crippen LogP contribution in [0.5, 0.6) is 11.5 Å². The zero-order valence-electron chi connectivity index (χ0n) is 17.0. The van der Waals surface area contributed by atoms with E-state index in [0.29, 0.717) is 22.7 Å². The fourth-order valence-electron chi connectivity index (χ4n) is 3.83. The van der Waals surface area contributed by atoms with Gasteiger partial charge in [-0.2, -0.15) is 0 Å². The summed E-state index contributed by atoms with van der Waals surface area (Å²) in [6.07, 6.45) is 6.57. The molecule has 158 valence electrons. The Hall–Kier alpha value is -3.29. The molecule has 2 heterocycles. The number of carbonyl (C=O) groups excluding carboxylic acids is 3. The summed E-state index contributed by atoms with van der Waals surface area (Å²) in [5, 5.41) is 2.70. The molecule has 1 amide bonds. The van der Waals surface area contributed by atoms with Crippen molar-refractivity contribution < 1.29 is 28.6 Å². The molecule has 0 atom stereocenters. The van der Waals surface area contributed by atoms with Gasteiger partial charge in [0.05, 0.1) is 0 Å². The van der Waals surface area contributed by atoms with Crippen LogP contribution in [0.15, 0.2) is 30.5 Å². The van der Waals surface area contributed by atoms with E-state index in [1.54, 1.807) is 31.4 Å². The number of nitrogens with one attached hydrogen (secondary N) is 1. The third-order valence-electron chi connectivity index (χ3n) is 5.39. The number of ketones is 1. The number of ether oxygens (including phenoxy) is 3. The van der Waals surface area contributed by atoms with Gasteiger partial charge in [-0.1, -0.05) is 6.42 Å². The predicted octanol–water partition coefficient (Wildman–Crippen LogP) is 3.45. The second-order valence-electron chi connectivity index (χ2n) is 7.74. The van der Waals surface area contributed by atoms with Crippen LogP contribution in [0.1, 0.15) is 59.9 Å². The number of esters is 1. The van der Waals surface area contributed by atoms with Gasteiger partial charge < -0.3 is 24.1 Å². The van der Waals surface area contributed by atoms with E-state index < -0.39 is 24.3 Å². The van der Waals surface area contributed by atoms with E-state index in [9.17, 15) is 14.4 Å². The van der Waals surface area contributed by atoms with Crippen molar-refractivity contribution in [2.45, 2.75) is 44.8 Å². The Balaban J connectivity index is 1.34. The minimum atomic E-state index is -0.676. The van der Waals surface area contributed by atoms with Crippen LogP contribution in [0.25, 0.3) is 0 Å². The SMILES string of the molecule is CC(=O)c1cc(C(=O)OCC(=O)Nc2ccc3c(c2)OC2(CCCCC2)O3)n(C)c1. The molecule has 1 aliphatic carbocycles. The number of rotatable bonds is 5. The quantitative estimate of drug-likeness (QED) is 0.597. The number of aromatic nitrogens is 1. The molecule has 2 aromatic rings. The number of anilines is 1. The minimum Gasteiger partial charge on any atom is -0.451 e. The molecule has 1 N–H and O–H groups in total. The lowest BCUT2D eigenvalue weighted by Gasteiger charge is -2.31. The highest BCUT2D eigenvalue weighted by Gasteiger charge is 2.42. The van der Waals surface area contributed by atoms with Crippen molar-refractivity contribution in [3.05, 3.63) is 41.7 Å². The molecule has 0 unspecified atom stereocenters. The van der Waals surface area contributed by atoms with Crippen LogP contribution in [0, 0.1) is 0 Å². The van der Waals surface area contributed by atoms with Crippen molar-refractivity contribution in [2.75, 3.05) is 11.9 Å². The van der Waals surface area contributed by atoms with Gasteiger partial charge in [0.15, 0.2) is 23.9 Å². The van der Waals surface area contributed by atoms with Gasteiger partial charge in [0, 0.05) is 43.4 Å². The topological polar surface area (TPSA) is 95.9 Å². The van der Waals surface area contributed by atoms with E-state index >= 15 is 0 Å². The monoisotopic (exact) mass is 412 g/mol. The second-order valence-corrected chi connectivity index (χ2v) is 7.74. The van der Waals surface area contributed by atoms with E-state index in [1.807, 2.05) is 0 Å². The van der Waals surface area contributed by atoms with Crippen LogP contribution in [0.4, 0.5) is 5.69 Å². The van der Waals surface area contributed by atoms with Crippen LogP contribution >= 0.6 is 0 Å². The number of nitrogens with zero attached hydrogens (tertiary/aromatic N) is 1. The summed E-state index contributed by atoms with van der Waals surface area (Å²) in [5.74, 6) is -0.605. The molecule has 0 saturated heterocycles. The Morgan fingerprint density at radius 3 is 2.53 bits per heavy atom. The van der Waals surface area contributed by atoms with Gasteiger partial charge in [0.25, 0.3) is 11.7 Å². The van der Waals surface area contributed by atoms with Gasteiger partial charge >= 0.3 is 5.97 Å². The summed E-state index contributed by atoms with van der Waals surface area (Å²) in [4.78, 5) is 35.9. The maximum absolute atomic E-state index is 12.2. The molecule has 1 spiro atoms. The fraction of sp³-hybridized carbons (Fsp3) is 0.409. The Labute approximate surface area is 174 Å². The first kappa shape index (κ1) is 20.0. The molecule has 1 aromatic heterocycles. The third-order valence-corrected chi connectivity index (χ3v) is 5.39. The van der Waals surface area contributed by atoms with Crippen molar-refractivity contribution in [3.8, 4) is 11.5 Å². The summed E-state index contributed by atoms with van der Waals surface area (Å²) in [5.41, 5.74) is 1.14. The molecule has 1 aromatic carbocycles. The van der Waals surface area contributed by atoms with Crippen LogP contribution in [-0.4, -0.2) is 34.6 Å². The molecule has 1 fully saturated rings. The Morgan fingerprint density at radius 2 is 1.83 bits per heavy atom. The summed E-state index contributed by atoms with van der Waals surface area (Å²) in [6, 6.07) is 6.66. The molecule has 0 radical (unpaired) electrons. The van der Waals surface area contributed by atoms with Gasteiger partial charge in [0.1, 0.15) is 5.69 Å². The van der Waals surface area contributed by atoms with Crippen molar-refractivity contribution in [3.63, 3.8) is 0 Å². The van der Waals surface area contributed by atoms with Crippen molar-refractivity contribution in [1.82, 2.24) is 4.57 Å². The normalized spacial score (nSPS) is 16.3. The van der Waals surface area contributed by atoms with Crippen LogP contribution < -0.4 is 14.8 Å². The van der Waals surface area contributed by atoms with Gasteiger partial charge in [-0.3, -0.25) is 9.59 Å². The lowest BCUT2D eigenvalue weighted by atomic mass is 9.94. The summed E-state index contributed by atoms with van der Waals surface area (Å²) in [7, 11) is 1.63. The molecule has 0 bridgehead atoms. The summed E-state index contributed by atoms with van der Waals surface area (Å²) >= 11 is 0. The molecule has 2 aliphatic rings. The van der Waals surface area contributed by atoms with E-state index in [1.165, 1.54) is 24.0 Å². The molecular formula is C22H24N2O6. The fourth-order valence-corrected chi connectivity index (χ4v) is 3.83. The number of amides is 1. The van der Waals surface area contributed by atoms with Crippen LogP contribution in [0.2, 0.25) is 0 Å². The number of carbonyl (C=O) groups is 3. The first-order chi connectivity index (χ1) is 14.3. The molecule has 1 saturated carbocycles. The van der Waals surface area contributed by atoms with Gasteiger partial charge in [-0.15, -0.1) is 0 Å². The molecule has 4 rings (SSSR count). The standard InChI is InChI=1S/C22H24N2O6/c1-14(25)15-10-17(24(2)12-15)21(27)28-13-20(26)23-16-6-7-18-19(11-16)30-22(29-18)8-4-3-5-9-22/h6-7,10-12H,3-5,8-9,13H2,1-2H3,(H,23,26). The number of hydrogen-bond acceptors (Lipinski definition) is 6. The van der Waals surface area contributed by atoms with E-state index in [4.69, 9.17) is 14.2 Å². The Kier molecular flexibility index (Phi) is 5.24. The van der Waals surface area contributed by atoms with E-state index in [-0.39, 0.29) is 11.5 Å². The lowest BCUT2D eigenvalue weighted by Crippen LogP contribution is -2.40. The number of aryl methyl sites for hydroxylation is 1. The Morgan fingerprint density at radius 1 is 1.10 bits per heavy atom. The molecule has 1 aliphatic heterocycles. The van der Waals surface area contributed by atoms with Crippen LogP contribution in [0.3, 0.4) is 0 Å². The zero-order valence-corrected chi connectivity index (χ0v) is 17.0. The number of fused-ring (bicyclic) bond motifs is 1. The van der Waals surface area contributed by atoms with Crippen molar-refractivity contribution in [1.29, 1.82) is 0 Å². The predicted molar refractivity (Wildman–Crippen MR) is 108 cm³/mol. The smallest absolute Gasteiger partial charge is 0.355 e. The van der Waals surface area contributed by atoms with Gasteiger partial charge in [0.2, 0.25) is 0 Å². The van der Waals surface area contributed by atoms with Crippen molar-refractivity contribution in [2.24, 2.45) is 7.05 Å². The van der Waals surface area contributed by atoms with E-state index in [0.717, 1.165) is 25.7 Å².